The number of hydrogen-bond acceptors (Lipinski definition) is 3. The third kappa shape index (κ3) is 4.10. The fourth-order valence-electron chi connectivity index (χ4n) is 1.27. The van der Waals surface area contributed by atoms with Crippen LogP contribution in [0.2, 0.25) is 0 Å². The molecule has 3 nitrogen and oxygen atoms in total. The Labute approximate surface area is 102 Å². The molecule has 0 amide bonds. The minimum absolute atomic E-state index is 0.212. The van der Waals surface area contributed by atoms with Crippen molar-refractivity contribution in [3.63, 3.8) is 0 Å². The first-order chi connectivity index (χ1) is 8.31. The summed E-state index contributed by atoms with van der Waals surface area (Å²) in [6.45, 7) is 0.941. The molecule has 0 heterocycles. The van der Waals surface area contributed by atoms with Gasteiger partial charge in [0.2, 0.25) is 0 Å². The van der Waals surface area contributed by atoms with Crippen molar-refractivity contribution in [1.82, 2.24) is 0 Å². The first kappa shape index (κ1) is 13.0. The van der Waals surface area contributed by atoms with Crippen LogP contribution in [-0.4, -0.2) is 20.3 Å². The van der Waals surface area contributed by atoms with E-state index in [-0.39, 0.29) is 13.2 Å². The Morgan fingerprint density at radius 2 is 1.88 bits per heavy atom. The van der Waals surface area contributed by atoms with E-state index in [9.17, 15) is 0 Å². The quantitative estimate of drug-likeness (QED) is 0.551. The van der Waals surface area contributed by atoms with Crippen LogP contribution >= 0.6 is 0 Å². The molecule has 0 aromatic heterocycles. The van der Waals surface area contributed by atoms with Gasteiger partial charge in [0.05, 0.1) is 13.7 Å². The van der Waals surface area contributed by atoms with E-state index < -0.39 is 0 Å². The number of ether oxygens (including phenoxy) is 3. The summed E-state index contributed by atoms with van der Waals surface area (Å²) in [5, 5.41) is 0. The smallest absolute Gasteiger partial charge is 0.162 e. The van der Waals surface area contributed by atoms with Gasteiger partial charge in [0.1, 0.15) is 13.2 Å². The fourth-order valence-corrected chi connectivity index (χ4v) is 1.27. The number of hydrogen-bond donors (Lipinski definition) is 0. The van der Waals surface area contributed by atoms with Gasteiger partial charge in [-0.3, -0.25) is 0 Å². The van der Waals surface area contributed by atoms with Gasteiger partial charge in [0.25, 0.3) is 0 Å². The molecule has 0 atom stereocenters. The van der Waals surface area contributed by atoms with Gasteiger partial charge < -0.3 is 14.2 Å². The Hall–Kier alpha value is -2.10. The fraction of sp³-hybridized carbons (Fsp3) is 0.286. The van der Waals surface area contributed by atoms with Crippen molar-refractivity contribution in [3.8, 4) is 36.2 Å². The number of rotatable bonds is 6. The second-order valence-electron chi connectivity index (χ2n) is 3.17. The largest absolute Gasteiger partial charge is 0.493 e. The highest BCUT2D eigenvalue weighted by Crippen LogP contribution is 2.28. The molecule has 0 radical (unpaired) electrons. The molecule has 1 rings (SSSR count). The van der Waals surface area contributed by atoms with Gasteiger partial charge >= 0.3 is 0 Å². The van der Waals surface area contributed by atoms with E-state index in [1.54, 1.807) is 13.2 Å². The van der Waals surface area contributed by atoms with Gasteiger partial charge in [-0.05, 0) is 17.7 Å². The minimum Gasteiger partial charge on any atom is -0.493 e. The van der Waals surface area contributed by atoms with Crippen LogP contribution in [0.25, 0.3) is 0 Å². The van der Waals surface area contributed by atoms with E-state index >= 15 is 0 Å². The van der Waals surface area contributed by atoms with E-state index in [1.807, 2.05) is 12.1 Å². The van der Waals surface area contributed by atoms with Gasteiger partial charge in [0.15, 0.2) is 11.5 Å². The van der Waals surface area contributed by atoms with Crippen LogP contribution in [0.15, 0.2) is 18.2 Å². The minimum atomic E-state index is 0.212. The van der Waals surface area contributed by atoms with Crippen LogP contribution in [0.1, 0.15) is 5.56 Å². The van der Waals surface area contributed by atoms with Crippen LogP contribution in [-0.2, 0) is 11.3 Å². The third-order valence-electron chi connectivity index (χ3n) is 1.99. The predicted molar refractivity (Wildman–Crippen MR) is 65.8 cm³/mol. The molecule has 0 aliphatic rings. The van der Waals surface area contributed by atoms with Gasteiger partial charge in [-0.15, -0.1) is 12.8 Å². The SMILES string of the molecule is C#CCOCc1ccc(OCC#C)c(OC)c1. The number of methoxy groups -OCH3 is 1. The standard InChI is InChI=1S/C14H14O3/c1-4-8-16-11-12-6-7-13(17-9-5-2)14(10-12)15-3/h1-2,6-7,10H,8-9,11H2,3H3. The highest BCUT2D eigenvalue weighted by atomic mass is 16.5. The summed E-state index contributed by atoms with van der Waals surface area (Å²) in [5.74, 6) is 6.05. The van der Waals surface area contributed by atoms with Crippen molar-refractivity contribution in [1.29, 1.82) is 0 Å². The molecule has 0 bridgehead atoms. The topological polar surface area (TPSA) is 27.7 Å². The number of terminal acetylenes is 2. The monoisotopic (exact) mass is 230 g/mol. The van der Waals surface area contributed by atoms with E-state index in [2.05, 4.69) is 11.8 Å². The highest BCUT2D eigenvalue weighted by molar-refractivity contribution is 5.43. The lowest BCUT2D eigenvalue weighted by Gasteiger charge is -2.10. The molecule has 3 heteroatoms. The van der Waals surface area contributed by atoms with Crippen LogP contribution in [0.4, 0.5) is 0 Å². The second-order valence-corrected chi connectivity index (χ2v) is 3.17. The molecule has 0 aliphatic carbocycles. The maximum atomic E-state index is 5.32. The van der Waals surface area contributed by atoms with E-state index in [1.165, 1.54) is 0 Å². The average molecular weight is 230 g/mol. The molecule has 0 N–H and O–H groups in total. The van der Waals surface area contributed by atoms with Crippen LogP contribution < -0.4 is 9.47 Å². The molecule has 0 unspecified atom stereocenters. The molecule has 1 aromatic carbocycles. The van der Waals surface area contributed by atoms with E-state index in [4.69, 9.17) is 27.1 Å². The molecule has 0 fully saturated rings. The first-order valence-electron chi connectivity index (χ1n) is 5.06. The van der Waals surface area contributed by atoms with Gasteiger partial charge in [-0.2, -0.15) is 0 Å². The van der Waals surface area contributed by atoms with Gasteiger partial charge in [0, 0.05) is 0 Å². The summed E-state index contributed by atoms with van der Waals surface area (Å²) < 4.78 is 15.7. The Morgan fingerprint density at radius 1 is 1.12 bits per heavy atom. The highest BCUT2D eigenvalue weighted by Gasteiger charge is 2.05. The average Bonchev–Trinajstić information content (AvgIpc) is 2.37. The van der Waals surface area contributed by atoms with Crippen molar-refractivity contribution in [2.45, 2.75) is 6.61 Å². The lowest BCUT2D eigenvalue weighted by Crippen LogP contribution is -1.99. The normalized spacial score (nSPS) is 9.12. The molecule has 17 heavy (non-hydrogen) atoms. The summed E-state index contributed by atoms with van der Waals surface area (Å²) in [6, 6.07) is 5.51. The van der Waals surface area contributed by atoms with Crippen LogP contribution in [0.3, 0.4) is 0 Å². The van der Waals surface area contributed by atoms with Crippen molar-refractivity contribution >= 4 is 0 Å². The summed E-state index contributed by atoms with van der Waals surface area (Å²) >= 11 is 0. The summed E-state index contributed by atoms with van der Waals surface area (Å²) in [5.41, 5.74) is 0.963. The Bertz CT molecular complexity index is 438. The predicted octanol–water partition coefficient (Wildman–Crippen LogP) is 1.86. The molecule has 0 saturated carbocycles. The Balaban J connectivity index is 2.71. The van der Waals surface area contributed by atoms with Crippen molar-refractivity contribution in [2.75, 3.05) is 20.3 Å². The second kappa shape index (κ2) is 7.22. The van der Waals surface area contributed by atoms with Gasteiger partial charge in [-0.25, -0.2) is 0 Å². The molecular weight excluding hydrogens is 216 g/mol. The molecule has 1 aromatic rings. The van der Waals surface area contributed by atoms with Crippen molar-refractivity contribution < 1.29 is 14.2 Å². The zero-order valence-corrected chi connectivity index (χ0v) is 9.73. The zero-order valence-electron chi connectivity index (χ0n) is 9.73. The maximum Gasteiger partial charge on any atom is 0.162 e. The van der Waals surface area contributed by atoms with Crippen LogP contribution in [0, 0.1) is 24.7 Å². The van der Waals surface area contributed by atoms with Crippen molar-refractivity contribution in [2.24, 2.45) is 0 Å². The summed E-state index contributed by atoms with van der Waals surface area (Å²) in [7, 11) is 1.57. The van der Waals surface area contributed by atoms with Crippen LogP contribution in [0.5, 0.6) is 11.5 Å². The lowest BCUT2D eigenvalue weighted by molar-refractivity contribution is 0.153. The first-order valence-corrected chi connectivity index (χ1v) is 5.06. The number of benzene rings is 1. The molecular formula is C14H14O3. The zero-order chi connectivity index (χ0) is 12.5. The Morgan fingerprint density at radius 3 is 2.53 bits per heavy atom. The molecule has 0 spiro atoms. The third-order valence-corrected chi connectivity index (χ3v) is 1.99. The van der Waals surface area contributed by atoms with E-state index in [0.717, 1.165) is 5.56 Å². The molecule has 0 saturated heterocycles. The Kier molecular flexibility index (Phi) is 5.51. The van der Waals surface area contributed by atoms with Crippen molar-refractivity contribution in [3.05, 3.63) is 23.8 Å². The maximum absolute atomic E-state index is 5.32. The molecule has 0 aliphatic heterocycles. The van der Waals surface area contributed by atoms with Gasteiger partial charge in [-0.1, -0.05) is 17.9 Å². The molecule has 88 valence electrons. The lowest BCUT2D eigenvalue weighted by atomic mass is 10.2. The summed E-state index contributed by atoms with van der Waals surface area (Å²) in [6.07, 6.45) is 10.2. The summed E-state index contributed by atoms with van der Waals surface area (Å²) in [4.78, 5) is 0. The van der Waals surface area contributed by atoms with E-state index in [0.29, 0.717) is 18.1 Å².